The second-order valence-electron chi connectivity index (χ2n) is 4.95. The van der Waals surface area contributed by atoms with E-state index < -0.39 is 11.8 Å². The lowest BCUT2D eigenvalue weighted by atomic mass is 10.1. The number of hydrogen-bond acceptors (Lipinski definition) is 4. The normalized spacial score (nSPS) is 28.4. The predicted octanol–water partition coefficient (Wildman–Crippen LogP) is -0.582. The number of amides is 2. The van der Waals surface area contributed by atoms with Gasteiger partial charge in [-0.1, -0.05) is 0 Å². The fourth-order valence-electron chi connectivity index (χ4n) is 2.40. The second kappa shape index (κ2) is 6.70. The molecule has 4 N–H and O–H groups in total. The molecule has 2 rings (SSSR count). The Hall–Kier alpha value is -1.14. The van der Waals surface area contributed by atoms with Crippen molar-refractivity contribution >= 4 is 11.8 Å². The van der Waals surface area contributed by atoms with Gasteiger partial charge in [-0.15, -0.1) is 0 Å². The van der Waals surface area contributed by atoms with Crippen LogP contribution in [-0.2, 0) is 9.59 Å². The molecule has 0 aromatic carbocycles. The lowest BCUT2D eigenvalue weighted by Gasteiger charge is -2.26. The predicted molar refractivity (Wildman–Crippen MR) is 67.6 cm³/mol. The first-order valence-corrected chi connectivity index (χ1v) is 6.84. The molecule has 2 aliphatic heterocycles. The molecule has 2 amide bonds. The SMILES string of the molecule is O=C(NC1CCCCN1)C(=O)NC1CCCCN1. The summed E-state index contributed by atoms with van der Waals surface area (Å²) >= 11 is 0. The van der Waals surface area contributed by atoms with E-state index in [9.17, 15) is 9.59 Å². The number of carbonyl (C=O) groups excluding carboxylic acids is 2. The van der Waals surface area contributed by atoms with E-state index in [1.807, 2.05) is 0 Å². The molecule has 6 nitrogen and oxygen atoms in total. The first-order valence-electron chi connectivity index (χ1n) is 6.84. The monoisotopic (exact) mass is 254 g/mol. The Morgan fingerprint density at radius 3 is 1.56 bits per heavy atom. The van der Waals surface area contributed by atoms with Gasteiger partial charge in [0.15, 0.2) is 0 Å². The Bertz CT molecular complexity index is 266. The van der Waals surface area contributed by atoms with Crippen molar-refractivity contribution in [1.82, 2.24) is 21.3 Å². The third-order valence-corrected chi connectivity index (χ3v) is 3.44. The fourth-order valence-corrected chi connectivity index (χ4v) is 2.40. The quantitative estimate of drug-likeness (QED) is 0.497. The summed E-state index contributed by atoms with van der Waals surface area (Å²) in [5, 5.41) is 11.8. The summed E-state index contributed by atoms with van der Waals surface area (Å²) in [5.74, 6) is -1.08. The Labute approximate surface area is 107 Å². The van der Waals surface area contributed by atoms with Crippen molar-refractivity contribution in [3.63, 3.8) is 0 Å². The van der Waals surface area contributed by atoms with Crippen molar-refractivity contribution in [1.29, 1.82) is 0 Å². The van der Waals surface area contributed by atoms with Crippen LogP contribution < -0.4 is 21.3 Å². The molecule has 2 saturated heterocycles. The van der Waals surface area contributed by atoms with E-state index in [1.165, 1.54) is 0 Å². The molecule has 2 atom stereocenters. The van der Waals surface area contributed by atoms with Gasteiger partial charge in [-0.05, 0) is 51.6 Å². The summed E-state index contributed by atoms with van der Waals surface area (Å²) in [5.41, 5.74) is 0. The number of rotatable bonds is 2. The van der Waals surface area contributed by atoms with Crippen LogP contribution in [0.2, 0.25) is 0 Å². The van der Waals surface area contributed by atoms with Crippen molar-refractivity contribution in [3.8, 4) is 0 Å². The average Bonchev–Trinajstić information content (AvgIpc) is 2.41. The van der Waals surface area contributed by atoms with Crippen molar-refractivity contribution < 1.29 is 9.59 Å². The van der Waals surface area contributed by atoms with E-state index in [0.717, 1.165) is 51.6 Å². The standard InChI is InChI=1S/C12H22N4O2/c17-11(15-9-5-1-3-7-13-9)12(18)16-10-6-2-4-8-14-10/h9-10,13-14H,1-8H2,(H,15,17)(H,16,18). The summed E-state index contributed by atoms with van der Waals surface area (Å²) < 4.78 is 0. The van der Waals surface area contributed by atoms with E-state index in [2.05, 4.69) is 21.3 Å². The molecule has 6 heteroatoms. The average molecular weight is 254 g/mol. The molecule has 102 valence electrons. The summed E-state index contributed by atoms with van der Waals surface area (Å²) in [4.78, 5) is 23.4. The zero-order valence-corrected chi connectivity index (χ0v) is 10.6. The summed E-state index contributed by atoms with van der Waals surface area (Å²) in [7, 11) is 0. The number of carbonyl (C=O) groups is 2. The first kappa shape index (κ1) is 13.3. The van der Waals surface area contributed by atoms with Gasteiger partial charge < -0.3 is 10.6 Å². The van der Waals surface area contributed by atoms with Gasteiger partial charge in [-0.25, -0.2) is 0 Å². The smallest absolute Gasteiger partial charge is 0.310 e. The minimum atomic E-state index is -0.540. The van der Waals surface area contributed by atoms with Gasteiger partial charge in [-0.2, -0.15) is 0 Å². The molecule has 2 aliphatic rings. The van der Waals surface area contributed by atoms with E-state index in [-0.39, 0.29) is 12.3 Å². The van der Waals surface area contributed by atoms with Crippen LogP contribution in [0.4, 0.5) is 0 Å². The molecule has 0 spiro atoms. The van der Waals surface area contributed by atoms with Gasteiger partial charge >= 0.3 is 11.8 Å². The molecular weight excluding hydrogens is 232 g/mol. The maximum atomic E-state index is 11.7. The van der Waals surface area contributed by atoms with Crippen LogP contribution in [0.25, 0.3) is 0 Å². The molecule has 0 bridgehead atoms. The molecule has 0 aromatic rings. The topological polar surface area (TPSA) is 82.3 Å². The van der Waals surface area contributed by atoms with Crippen LogP contribution in [0.3, 0.4) is 0 Å². The summed E-state index contributed by atoms with van der Waals surface area (Å²) in [6, 6.07) is 0. The largest absolute Gasteiger partial charge is 0.333 e. The number of piperidine rings is 2. The Morgan fingerprint density at radius 2 is 1.22 bits per heavy atom. The van der Waals surface area contributed by atoms with Gasteiger partial charge in [0.1, 0.15) is 0 Å². The third-order valence-electron chi connectivity index (χ3n) is 3.44. The zero-order valence-electron chi connectivity index (χ0n) is 10.6. The van der Waals surface area contributed by atoms with Gasteiger partial charge in [-0.3, -0.25) is 20.2 Å². The van der Waals surface area contributed by atoms with E-state index in [0.29, 0.717) is 0 Å². The Balaban J connectivity index is 1.71. The lowest BCUT2D eigenvalue weighted by Crippen LogP contribution is -2.56. The fraction of sp³-hybridized carbons (Fsp3) is 0.833. The van der Waals surface area contributed by atoms with Crippen LogP contribution in [0, 0.1) is 0 Å². The first-order chi connectivity index (χ1) is 8.75. The molecule has 0 saturated carbocycles. The maximum Gasteiger partial charge on any atom is 0.310 e. The molecule has 2 unspecified atom stereocenters. The van der Waals surface area contributed by atoms with Crippen LogP contribution >= 0.6 is 0 Å². The molecule has 18 heavy (non-hydrogen) atoms. The van der Waals surface area contributed by atoms with Gasteiger partial charge in [0.2, 0.25) is 0 Å². The van der Waals surface area contributed by atoms with Crippen molar-refractivity contribution in [2.45, 2.75) is 50.9 Å². The van der Waals surface area contributed by atoms with Gasteiger partial charge in [0, 0.05) is 0 Å². The summed E-state index contributed by atoms with van der Waals surface area (Å²) in [6.45, 7) is 1.80. The Kier molecular flexibility index (Phi) is 4.95. The number of hydrogen-bond donors (Lipinski definition) is 4. The van der Waals surface area contributed by atoms with Gasteiger partial charge in [0.25, 0.3) is 0 Å². The minimum Gasteiger partial charge on any atom is -0.333 e. The van der Waals surface area contributed by atoms with E-state index in [4.69, 9.17) is 0 Å². The van der Waals surface area contributed by atoms with Crippen LogP contribution in [-0.4, -0.2) is 37.2 Å². The van der Waals surface area contributed by atoms with Crippen LogP contribution in [0.1, 0.15) is 38.5 Å². The highest BCUT2D eigenvalue weighted by Crippen LogP contribution is 2.05. The van der Waals surface area contributed by atoms with Crippen molar-refractivity contribution in [2.24, 2.45) is 0 Å². The Morgan fingerprint density at radius 1 is 0.778 bits per heavy atom. The lowest BCUT2D eigenvalue weighted by molar-refractivity contribution is -0.140. The highest BCUT2D eigenvalue weighted by atomic mass is 16.2. The highest BCUT2D eigenvalue weighted by molar-refractivity contribution is 6.35. The molecule has 2 fully saturated rings. The molecule has 0 aliphatic carbocycles. The van der Waals surface area contributed by atoms with Crippen LogP contribution in [0.5, 0.6) is 0 Å². The number of nitrogens with one attached hydrogen (secondary N) is 4. The highest BCUT2D eigenvalue weighted by Gasteiger charge is 2.22. The van der Waals surface area contributed by atoms with E-state index >= 15 is 0 Å². The van der Waals surface area contributed by atoms with Gasteiger partial charge in [0.05, 0.1) is 12.3 Å². The van der Waals surface area contributed by atoms with Crippen molar-refractivity contribution in [2.75, 3.05) is 13.1 Å². The summed E-state index contributed by atoms with van der Waals surface area (Å²) in [6.07, 6.45) is 6.09. The van der Waals surface area contributed by atoms with Crippen LogP contribution in [0.15, 0.2) is 0 Å². The molecule has 2 heterocycles. The van der Waals surface area contributed by atoms with E-state index in [1.54, 1.807) is 0 Å². The molecule has 0 aromatic heterocycles. The third kappa shape index (κ3) is 3.96. The van der Waals surface area contributed by atoms with Crippen molar-refractivity contribution in [3.05, 3.63) is 0 Å². The zero-order chi connectivity index (χ0) is 12.8. The molecule has 0 radical (unpaired) electrons. The minimum absolute atomic E-state index is 0.0590. The second-order valence-corrected chi connectivity index (χ2v) is 4.95. The maximum absolute atomic E-state index is 11.7. The molecular formula is C12H22N4O2.